The summed E-state index contributed by atoms with van der Waals surface area (Å²) in [5, 5.41) is 0. The van der Waals surface area contributed by atoms with Gasteiger partial charge in [0, 0.05) is 29.2 Å². The number of benzene rings is 2. The minimum Gasteiger partial charge on any atom is -0.493 e. The Morgan fingerprint density at radius 3 is 2.71 bits per heavy atom. The molecule has 1 atom stereocenters. The molecule has 2 aromatic rings. The molecular weight excluding hydrogens is 450 g/mol. The monoisotopic (exact) mass is 481 g/mol. The smallest absolute Gasteiger partial charge is 0.231 e. The average Bonchev–Trinajstić information content (AvgIpc) is 3.34. The molecule has 0 saturated heterocycles. The molecule has 0 spiro atoms. The molecule has 1 aliphatic carbocycles. The zero-order chi connectivity index (χ0) is 23.1. The van der Waals surface area contributed by atoms with Crippen LogP contribution in [-0.2, 0) is 6.42 Å². The first-order chi connectivity index (χ1) is 16.8. The maximum atomic E-state index is 6.40. The molecule has 0 amide bonds. The first-order valence-corrected chi connectivity index (χ1v) is 13.1. The van der Waals surface area contributed by atoms with Crippen LogP contribution in [0.15, 0.2) is 24.3 Å². The third-order valence-corrected chi connectivity index (χ3v) is 8.03. The highest BCUT2D eigenvalue weighted by Gasteiger charge is 2.40. The maximum Gasteiger partial charge on any atom is 0.231 e. The molecule has 3 heterocycles. The van der Waals surface area contributed by atoms with Crippen LogP contribution in [0.25, 0.3) is 11.8 Å². The lowest BCUT2D eigenvalue weighted by Crippen LogP contribution is -2.40. The first kappa shape index (κ1) is 22.0. The third kappa shape index (κ3) is 3.69. The van der Waals surface area contributed by atoms with Crippen LogP contribution in [0.4, 0.5) is 0 Å². The van der Waals surface area contributed by atoms with Gasteiger partial charge in [0.15, 0.2) is 23.0 Å². The van der Waals surface area contributed by atoms with E-state index in [1.807, 2.05) is 6.07 Å². The molecule has 4 aliphatic rings. The number of methoxy groups -OCH3 is 1. The summed E-state index contributed by atoms with van der Waals surface area (Å²) < 4.78 is 23.6. The number of nitrogens with zero attached hydrogens (tertiary/aromatic N) is 1. The Kier molecular flexibility index (Phi) is 5.98. The van der Waals surface area contributed by atoms with Crippen LogP contribution < -0.4 is 18.9 Å². The van der Waals surface area contributed by atoms with E-state index in [-0.39, 0.29) is 6.04 Å². The van der Waals surface area contributed by atoms with E-state index < -0.39 is 0 Å². The van der Waals surface area contributed by atoms with Gasteiger partial charge in [0.2, 0.25) is 6.79 Å². The number of hydrogen-bond acceptors (Lipinski definition) is 5. The fourth-order valence-electron chi connectivity index (χ4n) is 6.20. The second-order valence-electron chi connectivity index (χ2n) is 9.67. The zero-order valence-electron chi connectivity index (χ0n) is 19.8. The summed E-state index contributed by atoms with van der Waals surface area (Å²) in [6.45, 7) is 1.88. The van der Waals surface area contributed by atoms with E-state index in [4.69, 9.17) is 30.5 Å². The van der Waals surface area contributed by atoms with Gasteiger partial charge in [-0.1, -0.05) is 25.3 Å². The van der Waals surface area contributed by atoms with E-state index in [0.717, 1.165) is 42.4 Å². The predicted octanol–water partition coefficient (Wildman–Crippen LogP) is 6.42. The molecular formula is C28H32ClNO4. The van der Waals surface area contributed by atoms with Crippen molar-refractivity contribution in [3.8, 4) is 23.0 Å². The van der Waals surface area contributed by atoms with Crippen molar-refractivity contribution in [3.05, 3.63) is 46.5 Å². The highest BCUT2D eigenvalue weighted by molar-refractivity contribution is 6.17. The molecule has 0 bridgehead atoms. The second kappa shape index (κ2) is 9.26. The first-order valence-electron chi connectivity index (χ1n) is 12.6. The Balaban J connectivity index is 1.51. The van der Waals surface area contributed by atoms with Crippen LogP contribution in [-0.4, -0.2) is 37.8 Å². The molecule has 1 fully saturated rings. The molecule has 0 unspecified atom stereocenters. The highest BCUT2D eigenvalue weighted by atomic mass is 35.5. The van der Waals surface area contributed by atoms with E-state index in [1.165, 1.54) is 60.1 Å². The van der Waals surface area contributed by atoms with Crippen LogP contribution in [0, 0.1) is 5.92 Å². The van der Waals surface area contributed by atoms with Crippen LogP contribution in [0.3, 0.4) is 0 Å². The number of halogens is 1. The molecule has 6 heteroatoms. The van der Waals surface area contributed by atoms with Gasteiger partial charge in [-0.3, -0.25) is 0 Å². The topological polar surface area (TPSA) is 40.2 Å². The minimum absolute atomic E-state index is 0.273. The Hall–Kier alpha value is -2.53. The van der Waals surface area contributed by atoms with Crippen molar-refractivity contribution < 1.29 is 18.9 Å². The van der Waals surface area contributed by atoms with Crippen molar-refractivity contribution in [2.24, 2.45) is 5.92 Å². The van der Waals surface area contributed by atoms with Crippen molar-refractivity contribution in [2.75, 3.05) is 32.9 Å². The van der Waals surface area contributed by atoms with Gasteiger partial charge in [-0.25, -0.2) is 0 Å². The van der Waals surface area contributed by atoms with Crippen molar-refractivity contribution in [1.82, 2.24) is 4.90 Å². The fourth-order valence-corrected chi connectivity index (χ4v) is 6.31. The molecule has 3 aliphatic heterocycles. The summed E-state index contributed by atoms with van der Waals surface area (Å²) in [4.78, 5) is 2.64. The van der Waals surface area contributed by atoms with Gasteiger partial charge in [0.05, 0.1) is 19.8 Å². The molecule has 1 saturated carbocycles. The Bertz CT molecular complexity index is 1110. The fraction of sp³-hybridized carbons (Fsp3) is 0.500. The average molecular weight is 482 g/mol. The van der Waals surface area contributed by atoms with Crippen molar-refractivity contribution >= 4 is 23.4 Å². The molecule has 180 valence electrons. The van der Waals surface area contributed by atoms with Gasteiger partial charge < -0.3 is 23.8 Å². The molecule has 0 N–H and O–H groups in total. The maximum absolute atomic E-state index is 6.40. The summed E-state index contributed by atoms with van der Waals surface area (Å²) >= 11 is 5.97. The number of fused-ring (bicyclic) bond motifs is 5. The van der Waals surface area contributed by atoms with E-state index in [2.05, 4.69) is 29.2 Å². The Labute approximate surface area is 206 Å². The van der Waals surface area contributed by atoms with Crippen LogP contribution in [0.5, 0.6) is 23.0 Å². The number of ether oxygens (including phenoxy) is 4. The second-order valence-corrected chi connectivity index (χ2v) is 10.0. The van der Waals surface area contributed by atoms with Crippen molar-refractivity contribution in [3.63, 3.8) is 0 Å². The number of hydrogen-bond donors (Lipinski definition) is 0. The molecule has 6 rings (SSSR count). The van der Waals surface area contributed by atoms with E-state index in [1.54, 1.807) is 7.11 Å². The molecule has 2 aromatic carbocycles. The molecule has 5 nitrogen and oxygen atoms in total. The van der Waals surface area contributed by atoms with Crippen LogP contribution >= 0.6 is 11.6 Å². The summed E-state index contributed by atoms with van der Waals surface area (Å²) in [6, 6.07) is 8.87. The van der Waals surface area contributed by atoms with E-state index in [0.29, 0.717) is 25.2 Å². The van der Waals surface area contributed by atoms with Gasteiger partial charge in [-0.05, 0) is 67.0 Å². The molecule has 0 radical (unpaired) electrons. The lowest BCUT2D eigenvalue weighted by molar-refractivity contribution is 0.164. The van der Waals surface area contributed by atoms with Crippen LogP contribution in [0.1, 0.15) is 66.8 Å². The van der Waals surface area contributed by atoms with Gasteiger partial charge >= 0.3 is 0 Å². The largest absolute Gasteiger partial charge is 0.493 e. The molecule has 0 aromatic heterocycles. The summed E-state index contributed by atoms with van der Waals surface area (Å²) in [5.41, 5.74) is 6.41. The van der Waals surface area contributed by atoms with Crippen molar-refractivity contribution in [2.45, 2.75) is 51.0 Å². The summed E-state index contributed by atoms with van der Waals surface area (Å²) in [5.74, 6) is 4.61. The lowest BCUT2D eigenvalue weighted by Gasteiger charge is -2.47. The zero-order valence-corrected chi connectivity index (χ0v) is 20.5. The molecule has 34 heavy (non-hydrogen) atoms. The quantitative estimate of drug-likeness (QED) is 0.351. The standard InChI is InChI=1S/C28H32ClNO4/c1-31-23-9-8-20-14-22-21-16-25-24(33-17-34-25)15-19(21)10-12-30(22)27(18-6-3-2-4-7-18)26(20)28(23)32-13-5-11-29/h8-9,14-16,18,27H,2-7,10-13,17H2,1H3/t27-/m1/s1. The van der Waals surface area contributed by atoms with Crippen molar-refractivity contribution in [1.29, 1.82) is 0 Å². The normalized spacial score (nSPS) is 20.8. The lowest BCUT2D eigenvalue weighted by atomic mass is 9.75. The van der Waals surface area contributed by atoms with Crippen LogP contribution in [0.2, 0.25) is 0 Å². The Morgan fingerprint density at radius 2 is 1.91 bits per heavy atom. The highest BCUT2D eigenvalue weighted by Crippen LogP contribution is 2.54. The predicted molar refractivity (Wildman–Crippen MR) is 134 cm³/mol. The SMILES string of the molecule is COc1ccc2c(c1OCCCCl)[C@@H](C1CCCCC1)N1CCc3cc4c(cc3C1=C2)OCO4. The van der Waals surface area contributed by atoms with E-state index >= 15 is 0 Å². The summed E-state index contributed by atoms with van der Waals surface area (Å²) in [6.07, 6.45) is 10.6. The third-order valence-electron chi connectivity index (χ3n) is 7.76. The number of rotatable bonds is 6. The van der Waals surface area contributed by atoms with Gasteiger partial charge in [0.1, 0.15) is 0 Å². The van der Waals surface area contributed by atoms with Gasteiger partial charge in [0.25, 0.3) is 0 Å². The number of alkyl halides is 1. The van der Waals surface area contributed by atoms with Gasteiger partial charge in [-0.15, -0.1) is 11.6 Å². The summed E-state index contributed by atoms with van der Waals surface area (Å²) in [7, 11) is 1.73. The van der Waals surface area contributed by atoms with Gasteiger partial charge in [-0.2, -0.15) is 0 Å². The minimum atomic E-state index is 0.273. The Morgan fingerprint density at radius 1 is 1.09 bits per heavy atom. The van der Waals surface area contributed by atoms with E-state index in [9.17, 15) is 0 Å².